The summed E-state index contributed by atoms with van der Waals surface area (Å²) in [6.45, 7) is 0.824. The number of halogens is 3. The van der Waals surface area contributed by atoms with Crippen molar-refractivity contribution in [2.24, 2.45) is 0 Å². The summed E-state index contributed by atoms with van der Waals surface area (Å²) in [5, 5.41) is 9.13. The Kier molecular flexibility index (Phi) is 4.72. The summed E-state index contributed by atoms with van der Waals surface area (Å²) in [6, 6.07) is 0.449. The van der Waals surface area contributed by atoms with Gasteiger partial charge in [0.05, 0.1) is 11.7 Å². The third-order valence-corrected chi connectivity index (χ3v) is 3.46. The van der Waals surface area contributed by atoms with Crippen molar-refractivity contribution in [2.45, 2.75) is 25.4 Å². The number of amides is 1. The molecule has 1 N–H and O–H groups in total. The Labute approximate surface area is 120 Å². The molecule has 0 aromatic heterocycles. The average molecular weight is 303 g/mol. The molecule has 1 aromatic carbocycles. The number of nitrogens with zero attached hydrogens (tertiary/aromatic N) is 1. The molecule has 0 spiro atoms. The van der Waals surface area contributed by atoms with Gasteiger partial charge in [0.15, 0.2) is 17.4 Å². The maximum absolute atomic E-state index is 13.7. The van der Waals surface area contributed by atoms with Crippen molar-refractivity contribution in [1.29, 1.82) is 0 Å². The smallest absolute Gasteiger partial charge is 0.256 e. The van der Waals surface area contributed by atoms with Crippen LogP contribution < -0.4 is 0 Å². The number of aromatic hydroxyl groups is 1. The van der Waals surface area contributed by atoms with E-state index >= 15 is 0 Å². The van der Waals surface area contributed by atoms with Crippen molar-refractivity contribution in [2.75, 3.05) is 20.2 Å². The van der Waals surface area contributed by atoms with Crippen LogP contribution in [0.2, 0.25) is 0 Å². The van der Waals surface area contributed by atoms with Gasteiger partial charge in [-0.2, -0.15) is 4.39 Å². The molecule has 0 radical (unpaired) electrons. The van der Waals surface area contributed by atoms with Gasteiger partial charge in [-0.3, -0.25) is 4.79 Å². The molecule has 0 aliphatic carbocycles. The lowest BCUT2D eigenvalue weighted by Crippen LogP contribution is -2.37. The van der Waals surface area contributed by atoms with Crippen LogP contribution in [0.3, 0.4) is 0 Å². The Hall–Kier alpha value is -1.76. The van der Waals surface area contributed by atoms with Gasteiger partial charge in [-0.05, 0) is 25.3 Å². The molecule has 1 heterocycles. The normalized spacial score (nSPS) is 18.6. The molecule has 0 unspecified atom stereocenters. The summed E-state index contributed by atoms with van der Waals surface area (Å²) in [4.78, 5) is 13.3. The molecular weight excluding hydrogens is 287 g/mol. The lowest BCUT2D eigenvalue weighted by molar-refractivity contribution is -0.000291. The molecule has 0 saturated carbocycles. The molecule has 1 aliphatic rings. The Balaban J connectivity index is 2.15. The van der Waals surface area contributed by atoms with Crippen molar-refractivity contribution in [1.82, 2.24) is 4.90 Å². The monoisotopic (exact) mass is 303 g/mol. The molecule has 1 fully saturated rings. The molecule has 2 rings (SSSR count). The van der Waals surface area contributed by atoms with Crippen LogP contribution >= 0.6 is 0 Å². The summed E-state index contributed by atoms with van der Waals surface area (Å²) in [5.41, 5.74) is -0.704. The Morgan fingerprint density at radius 3 is 2.71 bits per heavy atom. The van der Waals surface area contributed by atoms with Gasteiger partial charge in [0.25, 0.3) is 5.91 Å². The fourth-order valence-corrected chi connectivity index (χ4v) is 2.29. The van der Waals surface area contributed by atoms with E-state index in [2.05, 4.69) is 0 Å². The fourth-order valence-electron chi connectivity index (χ4n) is 2.29. The predicted molar refractivity (Wildman–Crippen MR) is 68.5 cm³/mol. The summed E-state index contributed by atoms with van der Waals surface area (Å²) in [5.74, 6) is -6.96. The zero-order valence-electron chi connectivity index (χ0n) is 11.5. The number of ether oxygens (including phenoxy) is 1. The number of rotatable bonds is 3. The van der Waals surface area contributed by atoms with Crippen LogP contribution in [0.15, 0.2) is 6.07 Å². The number of hydrogen-bond donors (Lipinski definition) is 1. The first-order chi connectivity index (χ1) is 9.91. The lowest BCUT2D eigenvalue weighted by Gasteiger charge is -2.27. The Bertz CT molecular complexity index is 545. The van der Waals surface area contributed by atoms with Gasteiger partial charge in [-0.1, -0.05) is 0 Å². The third kappa shape index (κ3) is 3.29. The number of likely N-dealkylation sites (N-methyl/N-ethyl adjacent to an activating group) is 1. The van der Waals surface area contributed by atoms with Crippen LogP contribution in [0.1, 0.15) is 29.6 Å². The number of benzene rings is 1. The van der Waals surface area contributed by atoms with Gasteiger partial charge >= 0.3 is 0 Å². The maximum Gasteiger partial charge on any atom is 0.256 e. The quantitative estimate of drug-likeness (QED) is 0.873. The molecule has 1 saturated heterocycles. The van der Waals surface area contributed by atoms with E-state index in [1.165, 1.54) is 11.9 Å². The molecule has 1 aromatic rings. The van der Waals surface area contributed by atoms with Crippen molar-refractivity contribution in [3.05, 3.63) is 29.1 Å². The Morgan fingerprint density at radius 2 is 2.10 bits per heavy atom. The van der Waals surface area contributed by atoms with Crippen LogP contribution in [0.4, 0.5) is 13.2 Å². The minimum atomic E-state index is -1.71. The Morgan fingerprint density at radius 1 is 1.38 bits per heavy atom. The zero-order chi connectivity index (χ0) is 15.6. The second-order valence-electron chi connectivity index (χ2n) is 5.06. The molecule has 116 valence electrons. The summed E-state index contributed by atoms with van der Waals surface area (Å²) >= 11 is 0. The molecule has 1 aliphatic heterocycles. The van der Waals surface area contributed by atoms with Gasteiger partial charge in [0.1, 0.15) is 0 Å². The zero-order valence-corrected chi connectivity index (χ0v) is 11.5. The first-order valence-electron chi connectivity index (χ1n) is 6.65. The van der Waals surface area contributed by atoms with E-state index < -0.39 is 34.7 Å². The number of phenolic OH excluding ortho intramolecular Hbond substituents is 1. The van der Waals surface area contributed by atoms with E-state index in [0.717, 1.165) is 19.3 Å². The SMILES string of the molecule is CN(C[C@@H]1CCCCO1)C(=O)c1cc(F)c(F)c(O)c1F. The fraction of sp³-hybridized carbons (Fsp3) is 0.500. The molecule has 7 heteroatoms. The van der Waals surface area contributed by atoms with Crippen molar-refractivity contribution in [3.8, 4) is 5.75 Å². The van der Waals surface area contributed by atoms with Gasteiger partial charge in [-0.15, -0.1) is 0 Å². The maximum atomic E-state index is 13.7. The lowest BCUT2D eigenvalue weighted by atomic mass is 10.1. The van der Waals surface area contributed by atoms with Gasteiger partial charge in [0.2, 0.25) is 5.82 Å². The van der Waals surface area contributed by atoms with Gasteiger partial charge in [0, 0.05) is 20.2 Å². The second kappa shape index (κ2) is 6.34. The van der Waals surface area contributed by atoms with E-state index in [-0.39, 0.29) is 12.6 Å². The van der Waals surface area contributed by atoms with E-state index in [0.29, 0.717) is 12.7 Å². The van der Waals surface area contributed by atoms with Crippen LogP contribution in [-0.2, 0) is 4.74 Å². The summed E-state index contributed by atoms with van der Waals surface area (Å²) in [6.07, 6.45) is 2.56. The molecule has 1 amide bonds. The molecule has 21 heavy (non-hydrogen) atoms. The molecular formula is C14H16F3NO3. The van der Waals surface area contributed by atoms with Crippen molar-refractivity contribution in [3.63, 3.8) is 0 Å². The van der Waals surface area contributed by atoms with Crippen LogP contribution in [0.5, 0.6) is 5.75 Å². The number of hydrogen-bond acceptors (Lipinski definition) is 3. The summed E-state index contributed by atoms with van der Waals surface area (Å²) < 4.78 is 45.4. The second-order valence-corrected chi connectivity index (χ2v) is 5.06. The van der Waals surface area contributed by atoms with Gasteiger partial charge in [-0.25, -0.2) is 8.78 Å². The van der Waals surface area contributed by atoms with E-state index in [1.54, 1.807) is 0 Å². The topological polar surface area (TPSA) is 49.8 Å². The van der Waals surface area contributed by atoms with Crippen LogP contribution in [0, 0.1) is 17.5 Å². The van der Waals surface area contributed by atoms with Crippen molar-refractivity contribution < 1.29 is 27.8 Å². The van der Waals surface area contributed by atoms with E-state index in [9.17, 15) is 18.0 Å². The minimum Gasteiger partial charge on any atom is -0.503 e. The highest BCUT2D eigenvalue weighted by atomic mass is 19.2. The molecule has 4 nitrogen and oxygen atoms in total. The number of carbonyl (C=O) groups excluding carboxylic acids is 1. The van der Waals surface area contributed by atoms with Crippen molar-refractivity contribution >= 4 is 5.91 Å². The third-order valence-electron chi connectivity index (χ3n) is 3.46. The molecule has 0 bridgehead atoms. The van der Waals surface area contributed by atoms with E-state index in [4.69, 9.17) is 9.84 Å². The highest BCUT2D eigenvalue weighted by Gasteiger charge is 2.26. The summed E-state index contributed by atoms with van der Waals surface area (Å²) in [7, 11) is 1.41. The van der Waals surface area contributed by atoms with Crippen LogP contribution in [0.25, 0.3) is 0 Å². The number of carbonyl (C=O) groups is 1. The highest BCUT2D eigenvalue weighted by Crippen LogP contribution is 2.26. The number of phenols is 1. The van der Waals surface area contributed by atoms with E-state index in [1.807, 2.05) is 0 Å². The van der Waals surface area contributed by atoms with Crippen LogP contribution in [-0.4, -0.2) is 42.2 Å². The molecule has 1 atom stereocenters. The van der Waals surface area contributed by atoms with Gasteiger partial charge < -0.3 is 14.7 Å². The highest BCUT2D eigenvalue weighted by molar-refractivity contribution is 5.94. The first-order valence-corrected chi connectivity index (χ1v) is 6.65. The standard InChI is InChI=1S/C14H16F3NO3/c1-18(7-8-4-2-3-5-21-8)14(20)9-6-10(15)12(17)13(19)11(9)16/h6,8,19H,2-5,7H2,1H3/t8-/m0/s1. The first kappa shape index (κ1) is 15.6. The average Bonchev–Trinajstić information content (AvgIpc) is 2.49. The largest absolute Gasteiger partial charge is 0.503 e. The minimum absolute atomic E-state index is 0.158. The predicted octanol–water partition coefficient (Wildman–Crippen LogP) is 2.45.